The fourth-order valence-electron chi connectivity index (χ4n) is 3.41. The van der Waals surface area contributed by atoms with Crippen molar-refractivity contribution in [3.05, 3.63) is 30.1 Å². The highest BCUT2D eigenvalue weighted by molar-refractivity contribution is 7.88. The van der Waals surface area contributed by atoms with Crippen LogP contribution in [0.25, 0.3) is 0 Å². The molecule has 3 heterocycles. The number of sulfonamides is 1. The number of ether oxygens (including phenoxy) is 1. The van der Waals surface area contributed by atoms with Crippen LogP contribution in [0.15, 0.2) is 24.4 Å². The quantitative estimate of drug-likeness (QED) is 0.707. The van der Waals surface area contributed by atoms with Crippen molar-refractivity contribution < 1.29 is 36.2 Å². The fourth-order valence-corrected chi connectivity index (χ4v) is 3.88. The number of fused-ring (bicyclic) bond motifs is 1. The molecule has 29 heavy (non-hydrogen) atoms. The number of nitrogens with zero attached hydrogens (tertiary/aromatic N) is 2. The van der Waals surface area contributed by atoms with Crippen LogP contribution in [0, 0.1) is 11.8 Å². The monoisotopic (exact) mass is 439 g/mol. The smallest absolute Gasteiger partial charge is 0.475 e. The van der Waals surface area contributed by atoms with E-state index in [2.05, 4.69) is 14.6 Å². The summed E-state index contributed by atoms with van der Waals surface area (Å²) < 4.78 is 62.7. The molecule has 0 unspecified atom stereocenters. The van der Waals surface area contributed by atoms with Gasteiger partial charge >= 0.3 is 12.1 Å². The second kappa shape index (κ2) is 9.83. The van der Waals surface area contributed by atoms with E-state index in [4.69, 9.17) is 14.6 Å². The molecule has 164 valence electrons. The van der Waals surface area contributed by atoms with Gasteiger partial charge in [-0.15, -0.1) is 0 Å². The van der Waals surface area contributed by atoms with Crippen molar-refractivity contribution >= 4 is 16.0 Å². The van der Waals surface area contributed by atoms with E-state index >= 15 is 0 Å². The molecule has 0 bridgehead atoms. The molecular weight excluding hydrogens is 415 g/mol. The minimum absolute atomic E-state index is 0.0220. The summed E-state index contributed by atoms with van der Waals surface area (Å²) in [5.41, 5.74) is 1.07. The van der Waals surface area contributed by atoms with Gasteiger partial charge in [0.2, 0.25) is 10.0 Å². The van der Waals surface area contributed by atoms with E-state index in [1.807, 2.05) is 24.4 Å². The number of hydrogen-bond donors (Lipinski definition) is 2. The van der Waals surface area contributed by atoms with Gasteiger partial charge < -0.3 is 9.84 Å². The molecule has 1 aromatic rings. The Hall–Kier alpha value is -1.76. The predicted octanol–water partition coefficient (Wildman–Crippen LogP) is 1.10. The molecule has 0 saturated carbocycles. The standard InChI is InChI=1S/C15H23N3O3S.C2HF3O2/c1-22(19,20)17-8-15-14-10-18(7-5-12(14)11-21-15)9-13-4-2-3-6-16-13;3-2(4,5)1(6)7/h2-4,6,12,14-15,17H,5,7-11H2,1H3;(H,6,7)/t12-,14-,15+;/m0./s1. The van der Waals surface area contributed by atoms with Gasteiger partial charge in [-0.3, -0.25) is 9.88 Å². The largest absolute Gasteiger partial charge is 0.490 e. The zero-order valence-corrected chi connectivity index (χ0v) is 16.6. The van der Waals surface area contributed by atoms with Gasteiger partial charge in [-0.2, -0.15) is 13.2 Å². The molecule has 0 amide bonds. The van der Waals surface area contributed by atoms with Crippen molar-refractivity contribution in [2.75, 3.05) is 32.5 Å². The minimum Gasteiger partial charge on any atom is -0.475 e. The number of halogens is 3. The number of piperidine rings is 1. The van der Waals surface area contributed by atoms with Crippen molar-refractivity contribution in [3.8, 4) is 0 Å². The van der Waals surface area contributed by atoms with Crippen LogP contribution in [0.4, 0.5) is 13.2 Å². The Labute approximate surface area is 167 Å². The summed E-state index contributed by atoms with van der Waals surface area (Å²) in [6.45, 7) is 3.95. The number of carboxylic acid groups (broad SMARTS) is 1. The Kier molecular flexibility index (Phi) is 7.97. The topological polar surface area (TPSA) is 109 Å². The van der Waals surface area contributed by atoms with Crippen molar-refractivity contribution in [2.24, 2.45) is 11.8 Å². The van der Waals surface area contributed by atoms with Gasteiger partial charge in [0.15, 0.2) is 0 Å². The van der Waals surface area contributed by atoms with E-state index < -0.39 is 22.2 Å². The molecule has 2 aliphatic rings. The highest BCUT2D eigenvalue weighted by Gasteiger charge is 2.41. The van der Waals surface area contributed by atoms with Gasteiger partial charge in [-0.1, -0.05) is 6.07 Å². The Morgan fingerprint density at radius 3 is 2.66 bits per heavy atom. The molecule has 2 N–H and O–H groups in total. The molecule has 8 nitrogen and oxygen atoms in total. The molecular formula is C17H24F3N3O5S. The van der Waals surface area contributed by atoms with Gasteiger partial charge in [-0.25, -0.2) is 17.9 Å². The molecule has 12 heteroatoms. The normalized spacial score (nSPS) is 25.0. The average molecular weight is 439 g/mol. The van der Waals surface area contributed by atoms with Gasteiger partial charge in [-0.05, 0) is 31.0 Å². The number of rotatable bonds is 5. The number of pyridine rings is 1. The third-order valence-electron chi connectivity index (χ3n) is 4.79. The van der Waals surface area contributed by atoms with Crippen LogP contribution in [-0.2, 0) is 26.1 Å². The predicted molar refractivity (Wildman–Crippen MR) is 97.4 cm³/mol. The van der Waals surface area contributed by atoms with E-state index in [0.29, 0.717) is 18.4 Å². The van der Waals surface area contributed by atoms with Crippen LogP contribution >= 0.6 is 0 Å². The first-order valence-corrected chi connectivity index (χ1v) is 10.8. The number of carbonyl (C=O) groups is 1. The summed E-state index contributed by atoms with van der Waals surface area (Å²) in [6, 6.07) is 5.97. The molecule has 3 rings (SSSR count). The first-order chi connectivity index (χ1) is 13.5. The highest BCUT2D eigenvalue weighted by Crippen LogP contribution is 2.34. The third kappa shape index (κ3) is 7.88. The lowest BCUT2D eigenvalue weighted by Gasteiger charge is -2.35. The van der Waals surface area contributed by atoms with Crippen LogP contribution < -0.4 is 4.72 Å². The molecule has 3 atom stereocenters. The molecule has 0 radical (unpaired) electrons. The summed E-state index contributed by atoms with van der Waals surface area (Å²) in [4.78, 5) is 15.7. The van der Waals surface area contributed by atoms with Crippen molar-refractivity contribution in [1.29, 1.82) is 0 Å². The summed E-state index contributed by atoms with van der Waals surface area (Å²) in [7, 11) is -3.17. The maximum Gasteiger partial charge on any atom is 0.490 e. The number of carboxylic acids is 1. The Morgan fingerprint density at radius 2 is 2.10 bits per heavy atom. The van der Waals surface area contributed by atoms with Crippen molar-refractivity contribution in [3.63, 3.8) is 0 Å². The van der Waals surface area contributed by atoms with E-state index in [0.717, 1.165) is 38.4 Å². The number of nitrogens with one attached hydrogen (secondary N) is 1. The first kappa shape index (κ1) is 23.5. The van der Waals surface area contributed by atoms with Crippen molar-refractivity contribution in [1.82, 2.24) is 14.6 Å². The molecule has 1 aromatic heterocycles. The molecule has 0 aromatic carbocycles. The molecule has 2 aliphatic heterocycles. The van der Waals surface area contributed by atoms with Crippen molar-refractivity contribution in [2.45, 2.75) is 25.2 Å². The maximum absolute atomic E-state index is 11.3. The molecule has 2 fully saturated rings. The van der Waals surface area contributed by atoms with Crippen LogP contribution in [0.2, 0.25) is 0 Å². The minimum atomic E-state index is -5.08. The van der Waals surface area contributed by atoms with E-state index in [9.17, 15) is 21.6 Å². The van der Waals surface area contributed by atoms with E-state index in [1.54, 1.807) is 0 Å². The maximum atomic E-state index is 11.3. The second-order valence-corrected chi connectivity index (χ2v) is 8.90. The van der Waals surface area contributed by atoms with Crippen LogP contribution in [0.5, 0.6) is 0 Å². The Morgan fingerprint density at radius 1 is 1.41 bits per heavy atom. The lowest BCUT2D eigenvalue weighted by molar-refractivity contribution is -0.192. The number of hydrogen-bond acceptors (Lipinski definition) is 6. The van der Waals surface area contributed by atoms with Gasteiger partial charge in [0.25, 0.3) is 0 Å². The zero-order valence-electron chi connectivity index (χ0n) is 15.8. The van der Waals surface area contributed by atoms with Gasteiger partial charge in [0.1, 0.15) is 0 Å². The highest BCUT2D eigenvalue weighted by atomic mass is 32.2. The molecule has 2 saturated heterocycles. The Balaban J connectivity index is 0.000000370. The summed E-state index contributed by atoms with van der Waals surface area (Å²) in [5, 5.41) is 7.12. The summed E-state index contributed by atoms with van der Waals surface area (Å²) >= 11 is 0. The number of aliphatic carboxylic acids is 1. The van der Waals surface area contributed by atoms with Gasteiger partial charge in [0.05, 0.1) is 24.7 Å². The van der Waals surface area contributed by atoms with Gasteiger partial charge in [0, 0.05) is 31.7 Å². The van der Waals surface area contributed by atoms with E-state index in [-0.39, 0.29) is 6.10 Å². The SMILES string of the molecule is CS(=O)(=O)NC[C@H]1OC[C@@H]2CCN(Cc3ccccn3)C[C@@H]21.O=C(O)C(F)(F)F. The van der Waals surface area contributed by atoms with E-state index in [1.165, 1.54) is 6.26 Å². The number of likely N-dealkylation sites (tertiary alicyclic amines) is 1. The third-order valence-corrected chi connectivity index (χ3v) is 5.48. The van der Waals surface area contributed by atoms with Crippen LogP contribution in [0.3, 0.4) is 0 Å². The summed E-state index contributed by atoms with van der Waals surface area (Å²) in [6.07, 6.45) is -0.994. The van der Waals surface area contributed by atoms with Crippen LogP contribution in [0.1, 0.15) is 12.1 Å². The Bertz CT molecular complexity index is 776. The average Bonchev–Trinajstić information content (AvgIpc) is 3.02. The number of alkyl halides is 3. The lowest BCUT2D eigenvalue weighted by atomic mass is 9.84. The molecule has 0 spiro atoms. The first-order valence-electron chi connectivity index (χ1n) is 8.94. The lowest BCUT2D eigenvalue weighted by Crippen LogP contribution is -2.45. The number of aromatic nitrogens is 1. The fraction of sp³-hybridized carbons (Fsp3) is 0.647. The zero-order chi connectivity index (χ0) is 21.7. The van der Waals surface area contributed by atoms with Crippen LogP contribution in [-0.4, -0.2) is 74.2 Å². The second-order valence-electron chi connectivity index (χ2n) is 7.06. The summed E-state index contributed by atoms with van der Waals surface area (Å²) in [5.74, 6) is -1.81. The molecule has 0 aliphatic carbocycles.